The van der Waals surface area contributed by atoms with Gasteiger partial charge in [-0.1, -0.05) is 34.1 Å². The molecule has 2 aromatic rings. The van der Waals surface area contributed by atoms with Gasteiger partial charge in [0.05, 0.1) is 13.2 Å². The third kappa shape index (κ3) is 3.16. The van der Waals surface area contributed by atoms with E-state index in [2.05, 4.69) is 15.9 Å². The normalized spacial score (nSPS) is 12.2. The van der Waals surface area contributed by atoms with Crippen LogP contribution in [0.2, 0.25) is 0 Å². The van der Waals surface area contributed by atoms with Crippen LogP contribution in [0.4, 0.5) is 8.78 Å². The van der Waals surface area contributed by atoms with Gasteiger partial charge in [-0.3, -0.25) is 0 Å². The summed E-state index contributed by atoms with van der Waals surface area (Å²) in [6, 6.07) is 9.03. The fourth-order valence-corrected chi connectivity index (χ4v) is 2.29. The zero-order valence-electron chi connectivity index (χ0n) is 10.7. The monoisotopic (exact) mass is 342 g/mol. The summed E-state index contributed by atoms with van der Waals surface area (Å²) in [4.78, 5) is 0. The van der Waals surface area contributed by atoms with Crippen molar-refractivity contribution in [1.29, 1.82) is 0 Å². The molecule has 0 saturated heterocycles. The van der Waals surface area contributed by atoms with E-state index in [9.17, 15) is 13.9 Å². The minimum Gasteiger partial charge on any atom is -0.494 e. The van der Waals surface area contributed by atoms with Crippen LogP contribution in [-0.4, -0.2) is 12.2 Å². The number of halogens is 3. The largest absolute Gasteiger partial charge is 0.494 e. The molecule has 2 rings (SSSR count). The van der Waals surface area contributed by atoms with Crippen molar-refractivity contribution < 1.29 is 18.6 Å². The van der Waals surface area contributed by atoms with Crippen molar-refractivity contribution in [2.24, 2.45) is 0 Å². The summed E-state index contributed by atoms with van der Waals surface area (Å²) in [5.74, 6) is -0.965. The van der Waals surface area contributed by atoms with Gasteiger partial charge in [-0.15, -0.1) is 0 Å². The molecule has 106 valence electrons. The summed E-state index contributed by atoms with van der Waals surface area (Å²) < 4.78 is 33.2. The summed E-state index contributed by atoms with van der Waals surface area (Å²) in [7, 11) is 1.37. The number of ether oxygens (including phenoxy) is 1. The van der Waals surface area contributed by atoms with Crippen LogP contribution < -0.4 is 4.74 Å². The third-order valence-corrected chi connectivity index (χ3v) is 3.49. The molecule has 0 spiro atoms. The van der Waals surface area contributed by atoms with Crippen LogP contribution >= 0.6 is 15.9 Å². The fourth-order valence-electron chi connectivity index (χ4n) is 1.96. The van der Waals surface area contributed by atoms with Crippen molar-refractivity contribution in [1.82, 2.24) is 0 Å². The zero-order chi connectivity index (χ0) is 14.7. The highest BCUT2D eigenvalue weighted by molar-refractivity contribution is 9.10. The first-order valence-corrected chi connectivity index (χ1v) is 6.76. The van der Waals surface area contributed by atoms with Gasteiger partial charge in [-0.2, -0.15) is 0 Å². The van der Waals surface area contributed by atoms with Gasteiger partial charge < -0.3 is 9.84 Å². The fraction of sp³-hybridized carbons (Fsp3) is 0.200. The third-order valence-electron chi connectivity index (χ3n) is 3.00. The number of methoxy groups -OCH3 is 1. The van der Waals surface area contributed by atoms with E-state index >= 15 is 0 Å². The molecule has 5 heteroatoms. The topological polar surface area (TPSA) is 29.5 Å². The van der Waals surface area contributed by atoms with Crippen molar-refractivity contribution in [3.8, 4) is 5.75 Å². The SMILES string of the molecule is COc1cccc(CC(O)c2ccc(Br)cc2F)c1F. The number of hydrogen-bond donors (Lipinski definition) is 1. The Morgan fingerprint density at radius 3 is 2.65 bits per heavy atom. The quantitative estimate of drug-likeness (QED) is 0.909. The van der Waals surface area contributed by atoms with E-state index in [1.807, 2.05) is 0 Å². The molecule has 0 heterocycles. The van der Waals surface area contributed by atoms with E-state index in [0.717, 1.165) is 0 Å². The van der Waals surface area contributed by atoms with E-state index in [0.29, 0.717) is 4.47 Å². The molecular weight excluding hydrogens is 330 g/mol. The van der Waals surface area contributed by atoms with Crippen LogP contribution in [0.1, 0.15) is 17.2 Å². The van der Waals surface area contributed by atoms with E-state index < -0.39 is 17.7 Å². The van der Waals surface area contributed by atoms with Gasteiger partial charge in [0.2, 0.25) is 0 Å². The van der Waals surface area contributed by atoms with Gasteiger partial charge in [-0.25, -0.2) is 8.78 Å². The Morgan fingerprint density at radius 2 is 2.00 bits per heavy atom. The van der Waals surface area contributed by atoms with E-state index in [1.165, 1.54) is 31.4 Å². The molecule has 0 amide bonds. The predicted octanol–water partition coefficient (Wildman–Crippen LogP) is 4.01. The van der Waals surface area contributed by atoms with Crippen LogP contribution in [0.15, 0.2) is 40.9 Å². The molecular formula is C15H13BrF2O2. The van der Waals surface area contributed by atoms with Crippen molar-refractivity contribution in [2.45, 2.75) is 12.5 Å². The van der Waals surface area contributed by atoms with Crippen LogP contribution in [-0.2, 0) is 6.42 Å². The average molecular weight is 343 g/mol. The minimum absolute atomic E-state index is 0.0262. The lowest BCUT2D eigenvalue weighted by atomic mass is 10.0. The van der Waals surface area contributed by atoms with Gasteiger partial charge in [0.1, 0.15) is 5.82 Å². The van der Waals surface area contributed by atoms with Gasteiger partial charge in [0.15, 0.2) is 11.6 Å². The molecule has 1 unspecified atom stereocenters. The molecule has 0 aliphatic heterocycles. The molecule has 0 bridgehead atoms. The maximum absolute atomic E-state index is 14.0. The number of benzene rings is 2. The van der Waals surface area contributed by atoms with Gasteiger partial charge in [-0.05, 0) is 23.8 Å². The first kappa shape index (κ1) is 14.9. The highest BCUT2D eigenvalue weighted by atomic mass is 79.9. The van der Waals surface area contributed by atoms with Gasteiger partial charge in [0, 0.05) is 16.5 Å². The Kier molecular flexibility index (Phi) is 4.73. The molecule has 0 fully saturated rings. The molecule has 2 aromatic carbocycles. The summed E-state index contributed by atoms with van der Waals surface area (Å²) in [5, 5.41) is 10.1. The molecule has 0 aromatic heterocycles. The number of aliphatic hydroxyl groups excluding tert-OH is 1. The Labute approximate surface area is 124 Å². The maximum Gasteiger partial charge on any atom is 0.168 e. The minimum atomic E-state index is -1.12. The number of rotatable bonds is 4. The maximum atomic E-state index is 14.0. The van der Waals surface area contributed by atoms with Crippen molar-refractivity contribution in [2.75, 3.05) is 7.11 Å². The Balaban J connectivity index is 2.25. The van der Waals surface area contributed by atoms with Crippen molar-refractivity contribution >= 4 is 15.9 Å². The van der Waals surface area contributed by atoms with Crippen LogP contribution in [0.5, 0.6) is 5.75 Å². The molecule has 20 heavy (non-hydrogen) atoms. The second-order valence-corrected chi connectivity index (χ2v) is 5.23. The molecule has 0 saturated carbocycles. The molecule has 0 radical (unpaired) electrons. The standard InChI is InChI=1S/C15H13BrF2O2/c1-20-14-4-2-3-9(15(14)18)7-13(19)11-6-5-10(16)8-12(11)17/h2-6,8,13,19H,7H2,1H3. The highest BCUT2D eigenvalue weighted by Crippen LogP contribution is 2.27. The number of hydrogen-bond acceptors (Lipinski definition) is 2. The predicted molar refractivity (Wildman–Crippen MR) is 75.7 cm³/mol. The lowest BCUT2D eigenvalue weighted by molar-refractivity contribution is 0.172. The Bertz CT molecular complexity index is 617. The summed E-state index contributed by atoms with van der Waals surface area (Å²) in [6.45, 7) is 0. The van der Waals surface area contributed by atoms with Gasteiger partial charge >= 0.3 is 0 Å². The second-order valence-electron chi connectivity index (χ2n) is 4.32. The second kappa shape index (κ2) is 6.33. The first-order valence-electron chi connectivity index (χ1n) is 5.97. The van der Waals surface area contributed by atoms with Crippen molar-refractivity contribution in [3.05, 3.63) is 63.6 Å². The molecule has 0 aliphatic carbocycles. The molecule has 1 N–H and O–H groups in total. The summed E-state index contributed by atoms with van der Waals surface area (Å²) in [6.07, 6.45) is -1.15. The highest BCUT2D eigenvalue weighted by Gasteiger charge is 2.17. The van der Waals surface area contributed by atoms with Crippen LogP contribution in [0.25, 0.3) is 0 Å². The first-order chi connectivity index (χ1) is 9.52. The van der Waals surface area contributed by atoms with E-state index in [-0.39, 0.29) is 23.3 Å². The van der Waals surface area contributed by atoms with Crippen LogP contribution in [0.3, 0.4) is 0 Å². The van der Waals surface area contributed by atoms with Crippen molar-refractivity contribution in [3.63, 3.8) is 0 Å². The smallest absolute Gasteiger partial charge is 0.168 e. The molecule has 2 nitrogen and oxygen atoms in total. The lowest BCUT2D eigenvalue weighted by Gasteiger charge is -2.14. The van der Waals surface area contributed by atoms with E-state index in [1.54, 1.807) is 12.1 Å². The summed E-state index contributed by atoms with van der Waals surface area (Å²) in [5.41, 5.74) is 0.412. The van der Waals surface area contributed by atoms with E-state index in [4.69, 9.17) is 4.74 Å². The molecule has 1 atom stereocenters. The Morgan fingerprint density at radius 1 is 1.25 bits per heavy atom. The zero-order valence-corrected chi connectivity index (χ0v) is 12.3. The number of aliphatic hydroxyl groups is 1. The molecule has 0 aliphatic rings. The van der Waals surface area contributed by atoms with Gasteiger partial charge in [0.25, 0.3) is 0 Å². The Hall–Kier alpha value is -1.46. The average Bonchev–Trinajstić information content (AvgIpc) is 2.41. The summed E-state index contributed by atoms with van der Waals surface area (Å²) >= 11 is 3.14. The van der Waals surface area contributed by atoms with Crippen LogP contribution in [0, 0.1) is 11.6 Å². The lowest BCUT2D eigenvalue weighted by Crippen LogP contribution is -2.06.